The molecule has 0 nitrogen and oxygen atoms in total. The van der Waals surface area contributed by atoms with Gasteiger partial charge in [-0.25, -0.2) is 0 Å². The maximum atomic E-state index is 4.61. The van der Waals surface area contributed by atoms with Crippen LogP contribution in [0.2, 0.25) is 0 Å². The Bertz CT molecular complexity index is 117. The van der Waals surface area contributed by atoms with Gasteiger partial charge in [0, 0.05) is 5.25 Å². The van der Waals surface area contributed by atoms with Gasteiger partial charge in [0.1, 0.15) is 0 Å². The first-order valence-corrected chi connectivity index (χ1v) is 6.21. The maximum absolute atomic E-state index is 4.61. The van der Waals surface area contributed by atoms with Crippen LogP contribution in [-0.2, 0) is 0 Å². The third-order valence-corrected chi connectivity index (χ3v) is 4.42. The summed E-state index contributed by atoms with van der Waals surface area (Å²) in [5, 5.41) is 0.644. The Morgan fingerprint density at radius 2 is 1.83 bits per heavy atom. The molecule has 1 saturated carbocycles. The van der Waals surface area contributed by atoms with Gasteiger partial charge in [0.15, 0.2) is 0 Å². The molecule has 0 spiro atoms. The van der Waals surface area contributed by atoms with Crippen LogP contribution < -0.4 is 0 Å². The summed E-state index contributed by atoms with van der Waals surface area (Å²) in [7, 11) is 0. The average Bonchev–Trinajstić information content (AvgIpc) is 2.17. The summed E-state index contributed by atoms with van der Waals surface area (Å²) in [4.78, 5) is 0. The van der Waals surface area contributed by atoms with E-state index in [1.54, 1.807) is 0 Å². The van der Waals surface area contributed by atoms with Gasteiger partial charge < -0.3 is 0 Å². The molecule has 0 aromatic heterocycles. The van der Waals surface area contributed by atoms with Crippen LogP contribution in [0.5, 0.6) is 0 Å². The first-order valence-electron chi connectivity index (χ1n) is 5.06. The Morgan fingerprint density at radius 3 is 2.25 bits per heavy atom. The Morgan fingerprint density at radius 1 is 1.25 bits per heavy atom. The van der Waals surface area contributed by atoms with Crippen LogP contribution in [0, 0.1) is 11.8 Å². The van der Waals surface area contributed by atoms with Gasteiger partial charge in [-0.15, -0.1) is 0 Å². The fourth-order valence-electron chi connectivity index (χ4n) is 2.09. The van der Waals surface area contributed by atoms with E-state index in [1.165, 1.54) is 32.1 Å². The van der Waals surface area contributed by atoms with Gasteiger partial charge in [-0.05, 0) is 49.7 Å². The first-order chi connectivity index (χ1) is 5.77. The van der Waals surface area contributed by atoms with E-state index in [9.17, 15) is 0 Å². The van der Waals surface area contributed by atoms with Crippen molar-refractivity contribution in [2.45, 2.75) is 44.3 Å². The molecule has 0 heterocycles. The van der Waals surface area contributed by atoms with E-state index in [1.807, 2.05) is 0 Å². The molecule has 0 saturated heterocycles. The summed E-state index contributed by atoms with van der Waals surface area (Å²) in [6.07, 6.45) is 6.75. The summed E-state index contributed by atoms with van der Waals surface area (Å²) >= 11 is 8.96. The molecule has 72 valence electrons. The number of hydrogen-bond donors (Lipinski definition) is 2. The highest BCUT2D eigenvalue weighted by molar-refractivity contribution is 7.81. The highest BCUT2D eigenvalue weighted by Crippen LogP contribution is 2.33. The van der Waals surface area contributed by atoms with Gasteiger partial charge in [-0.2, -0.15) is 25.3 Å². The van der Waals surface area contributed by atoms with E-state index >= 15 is 0 Å². The van der Waals surface area contributed by atoms with Crippen LogP contribution >= 0.6 is 25.3 Å². The predicted octanol–water partition coefficient (Wildman–Crippen LogP) is 3.43. The summed E-state index contributed by atoms with van der Waals surface area (Å²) in [5.41, 5.74) is 0. The lowest BCUT2D eigenvalue weighted by atomic mass is 9.80. The molecule has 12 heavy (non-hydrogen) atoms. The highest BCUT2D eigenvalue weighted by atomic mass is 32.1. The molecule has 1 rings (SSSR count). The first kappa shape index (κ1) is 10.8. The maximum Gasteiger partial charge on any atom is 0.00424 e. The minimum Gasteiger partial charge on any atom is -0.179 e. The van der Waals surface area contributed by atoms with Crippen molar-refractivity contribution in [3.63, 3.8) is 0 Å². The van der Waals surface area contributed by atoms with Crippen LogP contribution in [0.15, 0.2) is 0 Å². The Kier molecular flexibility index (Phi) is 4.88. The van der Waals surface area contributed by atoms with Crippen LogP contribution in [0.4, 0.5) is 0 Å². The van der Waals surface area contributed by atoms with E-state index in [0.717, 1.165) is 17.6 Å². The molecule has 0 bridgehead atoms. The third kappa shape index (κ3) is 2.88. The molecule has 0 radical (unpaired) electrons. The zero-order valence-corrected chi connectivity index (χ0v) is 9.66. The van der Waals surface area contributed by atoms with Gasteiger partial charge in [0.25, 0.3) is 0 Å². The third-order valence-electron chi connectivity index (χ3n) is 3.11. The molecular formula is C10H20S2. The van der Waals surface area contributed by atoms with Gasteiger partial charge in [0.2, 0.25) is 0 Å². The summed E-state index contributed by atoms with van der Waals surface area (Å²) in [6.45, 7) is 2.24. The van der Waals surface area contributed by atoms with Crippen LogP contribution in [0.25, 0.3) is 0 Å². The van der Waals surface area contributed by atoms with E-state index < -0.39 is 0 Å². The van der Waals surface area contributed by atoms with Crippen molar-refractivity contribution >= 4 is 25.3 Å². The molecule has 1 fully saturated rings. The van der Waals surface area contributed by atoms with Crippen molar-refractivity contribution in [2.24, 2.45) is 11.8 Å². The monoisotopic (exact) mass is 204 g/mol. The van der Waals surface area contributed by atoms with Crippen LogP contribution in [0.3, 0.4) is 0 Å². The SMILES string of the molecule is CCC(S)C1CCC(CS)CC1. The minimum absolute atomic E-state index is 0.644. The quantitative estimate of drug-likeness (QED) is 0.647. The molecule has 1 aliphatic rings. The minimum atomic E-state index is 0.644. The zero-order valence-electron chi connectivity index (χ0n) is 7.87. The normalized spacial score (nSPS) is 33.2. The second kappa shape index (κ2) is 5.43. The van der Waals surface area contributed by atoms with E-state index in [0.29, 0.717) is 5.25 Å². The van der Waals surface area contributed by atoms with Gasteiger partial charge in [-0.3, -0.25) is 0 Å². The molecule has 0 N–H and O–H groups in total. The topological polar surface area (TPSA) is 0 Å². The molecule has 0 aliphatic heterocycles. The molecule has 0 aromatic carbocycles. The van der Waals surface area contributed by atoms with Crippen molar-refractivity contribution in [2.75, 3.05) is 5.75 Å². The molecule has 1 atom stereocenters. The standard InChI is InChI=1S/C10H20S2/c1-2-10(12)9-5-3-8(7-11)4-6-9/h8-12H,2-7H2,1H3. The van der Waals surface area contributed by atoms with Gasteiger partial charge in [0.05, 0.1) is 0 Å². The fourth-order valence-corrected chi connectivity index (χ4v) is 2.75. The van der Waals surface area contributed by atoms with Crippen molar-refractivity contribution in [3.8, 4) is 0 Å². The predicted molar refractivity (Wildman–Crippen MR) is 62.4 cm³/mol. The Hall–Kier alpha value is 0.700. The van der Waals surface area contributed by atoms with E-state index in [-0.39, 0.29) is 0 Å². The Labute approximate surface area is 87.3 Å². The lowest BCUT2D eigenvalue weighted by Crippen LogP contribution is -2.22. The molecule has 0 amide bonds. The van der Waals surface area contributed by atoms with E-state index in [2.05, 4.69) is 32.2 Å². The lowest BCUT2D eigenvalue weighted by Gasteiger charge is -2.30. The van der Waals surface area contributed by atoms with E-state index in [4.69, 9.17) is 0 Å². The second-order valence-corrected chi connectivity index (χ2v) is 4.97. The Balaban J connectivity index is 2.25. The van der Waals surface area contributed by atoms with Gasteiger partial charge >= 0.3 is 0 Å². The molecular weight excluding hydrogens is 184 g/mol. The summed E-state index contributed by atoms with van der Waals surface area (Å²) < 4.78 is 0. The van der Waals surface area contributed by atoms with Crippen molar-refractivity contribution < 1.29 is 0 Å². The van der Waals surface area contributed by atoms with Crippen LogP contribution in [-0.4, -0.2) is 11.0 Å². The van der Waals surface area contributed by atoms with Crippen LogP contribution in [0.1, 0.15) is 39.0 Å². The average molecular weight is 204 g/mol. The van der Waals surface area contributed by atoms with Crippen molar-refractivity contribution in [1.82, 2.24) is 0 Å². The smallest absolute Gasteiger partial charge is 0.00424 e. The second-order valence-electron chi connectivity index (χ2n) is 3.94. The number of thiol groups is 2. The molecule has 1 unspecified atom stereocenters. The fraction of sp³-hybridized carbons (Fsp3) is 1.00. The molecule has 2 heteroatoms. The zero-order chi connectivity index (χ0) is 8.97. The van der Waals surface area contributed by atoms with Gasteiger partial charge in [-0.1, -0.05) is 6.92 Å². The van der Waals surface area contributed by atoms with Crippen molar-refractivity contribution in [1.29, 1.82) is 0 Å². The van der Waals surface area contributed by atoms with Crippen molar-refractivity contribution in [3.05, 3.63) is 0 Å². The summed E-state index contributed by atoms with van der Waals surface area (Å²) in [6, 6.07) is 0. The highest BCUT2D eigenvalue weighted by Gasteiger charge is 2.23. The largest absolute Gasteiger partial charge is 0.179 e. The summed E-state index contributed by atoms with van der Waals surface area (Å²) in [5.74, 6) is 2.85. The molecule has 0 aromatic rings. The lowest BCUT2D eigenvalue weighted by molar-refractivity contribution is 0.286. The molecule has 1 aliphatic carbocycles. The number of rotatable bonds is 3. The number of hydrogen-bond acceptors (Lipinski definition) is 2.